The quantitative estimate of drug-likeness (QED) is 0.604. The highest BCUT2D eigenvalue weighted by molar-refractivity contribution is 7.98. The van der Waals surface area contributed by atoms with Crippen molar-refractivity contribution >= 4 is 17.5 Å². The molecule has 0 aliphatic carbocycles. The fourth-order valence-corrected chi connectivity index (χ4v) is 1.82. The van der Waals surface area contributed by atoms with Crippen LogP contribution in [0.15, 0.2) is 29.2 Å². The van der Waals surface area contributed by atoms with Gasteiger partial charge in [-0.2, -0.15) is 4.80 Å². The predicted molar refractivity (Wildman–Crippen MR) is 65.1 cm³/mol. The van der Waals surface area contributed by atoms with Crippen LogP contribution in [0.3, 0.4) is 0 Å². The molecule has 2 rings (SSSR count). The third-order valence-corrected chi connectivity index (χ3v) is 3.02. The number of ketones is 1. The van der Waals surface area contributed by atoms with Crippen LogP contribution in [0.25, 0.3) is 0 Å². The molecule has 0 bridgehead atoms. The number of Topliss-reactive ketones (excluding diaryl/α,β-unsaturated/α-hetero) is 1. The van der Waals surface area contributed by atoms with Gasteiger partial charge in [-0.05, 0) is 23.6 Å². The zero-order chi connectivity index (χ0) is 12.3. The molecular weight excluding hydrogens is 236 g/mol. The summed E-state index contributed by atoms with van der Waals surface area (Å²) in [5.41, 5.74) is 0.676. The van der Waals surface area contributed by atoms with Gasteiger partial charge in [-0.25, -0.2) is 0 Å². The number of hydrogen-bond donors (Lipinski definition) is 0. The van der Waals surface area contributed by atoms with Crippen molar-refractivity contribution in [3.63, 3.8) is 0 Å². The van der Waals surface area contributed by atoms with E-state index in [1.165, 1.54) is 4.80 Å². The summed E-state index contributed by atoms with van der Waals surface area (Å²) < 4.78 is 0. The van der Waals surface area contributed by atoms with Crippen LogP contribution in [0, 0.1) is 0 Å². The Morgan fingerprint density at radius 3 is 2.59 bits per heavy atom. The van der Waals surface area contributed by atoms with Crippen LogP contribution < -0.4 is 0 Å². The second kappa shape index (κ2) is 5.09. The van der Waals surface area contributed by atoms with Crippen molar-refractivity contribution in [1.29, 1.82) is 0 Å². The van der Waals surface area contributed by atoms with Crippen LogP contribution in [-0.2, 0) is 13.5 Å². The van der Waals surface area contributed by atoms with Crippen molar-refractivity contribution in [2.24, 2.45) is 7.05 Å². The van der Waals surface area contributed by atoms with Gasteiger partial charge in [0, 0.05) is 10.5 Å². The number of tetrazole rings is 1. The molecule has 5 nitrogen and oxygen atoms in total. The van der Waals surface area contributed by atoms with E-state index < -0.39 is 0 Å². The molecule has 17 heavy (non-hydrogen) atoms. The fourth-order valence-electron chi connectivity index (χ4n) is 1.42. The van der Waals surface area contributed by atoms with Crippen LogP contribution in [-0.4, -0.2) is 32.2 Å². The summed E-state index contributed by atoms with van der Waals surface area (Å²) >= 11 is 1.65. The van der Waals surface area contributed by atoms with Gasteiger partial charge in [0.25, 0.3) is 0 Å². The van der Waals surface area contributed by atoms with E-state index in [2.05, 4.69) is 15.4 Å². The maximum Gasteiger partial charge on any atom is 0.182 e. The summed E-state index contributed by atoms with van der Waals surface area (Å²) in [5.74, 6) is 0.456. The summed E-state index contributed by atoms with van der Waals surface area (Å²) in [6, 6.07) is 7.51. The molecule has 0 atom stereocenters. The largest absolute Gasteiger partial charge is 0.294 e. The van der Waals surface area contributed by atoms with Crippen molar-refractivity contribution in [1.82, 2.24) is 20.2 Å². The van der Waals surface area contributed by atoms with Crippen molar-refractivity contribution in [2.45, 2.75) is 11.3 Å². The number of hydrogen-bond acceptors (Lipinski definition) is 5. The Kier molecular flexibility index (Phi) is 3.53. The van der Waals surface area contributed by atoms with Gasteiger partial charge in [0.15, 0.2) is 11.6 Å². The minimum Gasteiger partial charge on any atom is -0.294 e. The second-order valence-corrected chi connectivity index (χ2v) is 4.40. The average Bonchev–Trinajstić information content (AvgIpc) is 2.75. The Hall–Kier alpha value is -1.69. The Morgan fingerprint density at radius 1 is 1.35 bits per heavy atom. The molecule has 88 valence electrons. The Labute approximate surface area is 103 Å². The third-order valence-electron chi connectivity index (χ3n) is 2.28. The van der Waals surface area contributed by atoms with E-state index in [0.29, 0.717) is 11.4 Å². The van der Waals surface area contributed by atoms with Crippen molar-refractivity contribution in [3.8, 4) is 0 Å². The highest BCUT2D eigenvalue weighted by Gasteiger charge is 2.10. The van der Waals surface area contributed by atoms with E-state index in [-0.39, 0.29) is 12.2 Å². The molecule has 0 unspecified atom stereocenters. The Morgan fingerprint density at radius 2 is 2.06 bits per heavy atom. The number of carbonyl (C=O) groups is 1. The lowest BCUT2D eigenvalue weighted by molar-refractivity contribution is 0.0990. The number of rotatable bonds is 4. The first-order valence-corrected chi connectivity index (χ1v) is 6.31. The fraction of sp³-hybridized carbons (Fsp3) is 0.273. The van der Waals surface area contributed by atoms with Crippen LogP contribution in [0.1, 0.15) is 16.2 Å². The lowest BCUT2D eigenvalue weighted by atomic mass is 10.1. The maximum absolute atomic E-state index is 11.9. The van der Waals surface area contributed by atoms with Gasteiger partial charge < -0.3 is 0 Å². The standard InChI is InChI=1S/C11H12N4OS/c1-15-13-11(12-14-15)7-10(16)8-3-5-9(17-2)6-4-8/h3-6H,7H2,1-2H3. The van der Waals surface area contributed by atoms with E-state index >= 15 is 0 Å². The van der Waals surface area contributed by atoms with E-state index in [4.69, 9.17) is 0 Å². The molecule has 0 aliphatic rings. The Bertz CT molecular complexity index is 521. The molecular formula is C11H12N4OS. The topological polar surface area (TPSA) is 60.7 Å². The molecule has 0 N–H and O–H groups in total. The second-order valence-electron chi connectivity index (χ2n) is 3.52. The van der Waals surface area contributed by atoms with Gasteiger partial charge in [-0.3, -0.25) is 4.79 Å². The summed E-state index contributed by atoms with van der Waals surface area (Å²) in [4.78, 5) is 14.4. The van der Waals surface area contributed by atoms with Gasteiger partial charge in [-0.15, -0.1) is 22.0 Å². The van der Waals surface area contributed by atoms with Gasteiger partial charge >= 0.3 is 0 Å². The summed E-state index contributed by atoms with van der Waals surface area (Å²) in [5, 5.41) is 11.5. The number of aromatic nitrogens is 4. The zero-order valence-electron chi connectivity index (χ0n) is 9.62. The summed E-state index contributed by atoms with van der Waals surface area (Å²) in [6.45, 7) is 0. The van der Waals surface area contributed by atoms with Gasteiger partial charge in [-0.1, -0.05) is 12.1 Å². The van der Waals surface area contributed by atoms with E-state index in [9.17, 15) is 4.79 Å². The molecule has 0 aliphatic heterocycles. The number of benzene rings is 1. The lowest BCUT2D eigenvalue weighted by Gasteiger charge is -1.99. The molecule has 6 heteroatoms. The monoisotopic (exact) mass is 248 g/mol. The zero-order valence-corrected chi connectivity index (χ0v) is 10.4. The van der Waals surface area contributed by atoms with Gasteiger partial charge in [0.1, 0.15) is 0 Å². The minimum absolute atomic E-state index is 0.00523. The SMILES string of the molecule is CSc1ccc(C(=O)Cc2nnn(C)n2)cc1. The average molecular weight is 248 g/mol. The van der Waals surface area contributed by atoms with E-state index in [1.54, 1.807) is 18.8 Å². The molecule has 1 heterocycles. The van der Waals surface area contributed by atoms with E-state index in [1.807, 2.05) is 30.5 Å². The normalized spacial score (nSPS) is 10.5. The summed E-state index contributed by atoms with van der Waals surface area (Å²) in [6.07, 6.45) is 2.19. The number of aryl methyl sites for hydroxylation is 1. The number of carbonyl (C=O) groups excluding carboxylic acids is 1. The van der Waals surface area contributed by atoms with Crippen molar-refractivity contribution in [2.75, 3.05) is 6.26 Å². The highest BCUT2D eigenvalue weighted by Crippen LogP contribution is 2.15. The van der Waals surface area contributed by atoms with Crippen molar-refractivity contribution in [3.05, 3.63) is 35.7 Å². The molecule has 0 amide bonds. The Balaban J connectivity index is 2.09. The number of nitrogens with zero attached hydrogens (tertiary/aromatic N) is 4. The first kappa shape index (κ1) is 11.8. The van der Waals surface area contributed by atoms with Crippen LogP contribution in [0.5, 0.6) is 0 Å². The predicted octanol–water partition coefficient (Wildman–Crippen LogP) is 1.36. The highest BCUT2D eigenvalue weighted by atomic mass is 32.2. The third kappa shape index (κ3) is 2.91. The molecule has 0 saturated carbocycles. The maximum atomic E-state index is 11.9. The first-order valence-electron chi connectivity index (χ1n) is 5.09. The lowest BCUT2D eigenvalue weighted by Crippen LogP contribution is -2.05. The molecule has 1 aromatic heterocycles. The number of thioether (sulfide) groups is 1. The smallest absolute Gasteiger partial charge is 0.182 e. The molecule has 0 fully saturated rings. The van der Waals surface area contributed by atoms with Crippen LogP contribution in [0.2, 0.25) is 0 Å². The van der Waals surface area contributed by atoms with Crippen LogP contribution in [0.4, 0.5) is 0 Å². The molecule has 2 aromatic rings. The molecule has 1 aromatic carbocycles. The van der Waals surface area contributed by atoms with Crippen molar-refractivity contribution < 1.29 is 4.79 Å². The van der Waals surface area contributed by atoms with Gasteiger partial charge in [0.05, 0.1) is 13.5 Å². The summed E-state index contributed by atoms with van der Waals surface area (Å²) in [7, 11) is 1.67. The molecule has 0 radical (unpaired) electrons. The first-order chi connectivity index (χ1) is 8.19. The molecule has 0 saturated heterocycles. The van der Waals surface area contributed by atoms with Crippen LogP contribution >= 0.6 is 11.8 Å². The molecule has 0 spiro atoms. The van der Waals surface area contributed by atoms with E-state index in [0.717, 1.165) is 4.90 Å². The minimum atomic E-state index is 0.00523. The van der Waals surface area contributed by atoms with Gasteiger partial charge in [0.2, 0.25) is 0 Å².